The Morgan fingerprint density at radius 3 is 2.57 bits per heavy atom. The smallest absolute Gasteiger partial charge is 0.301 e. The molecule has 0 aliphatic carbocycles. The molecule has 2 rings (SSSR count). The molecule has 0 bridgehead atoms. The van der Waals surface area contributed by atoms with Gasteiger partial charge in [0, 0.05) is 29.4 Å². The molecule has 1 aromatic carbocycles. The van der Waals surface area contributed by atoms with Crippen LogP contribution in [0.25, 0.3) is 0 Å². The Morgan fingerprint density at radius 1 is 1.19 bits per heavy atom. The predicted molar refractivity (Wildman–Crippen MR) is 81.4 cm³/mol. The molecule has 7 heteroatoms. The number of benzene rings is 1. The van der Waals surface area contributed by atoms with Crippen LogP contribution >= 0.6 is 23.2 Å². The summed E-state index contributed by atoms with van der Waals surface area (Å²) in [7, 11) is 0. The number of aryl methyl sites for hydroxylation is 1. The zero-order valence-electron chi connectivity index (χ0n) is 11.2. The van der Waals surface area contributed by atoms with E-state index in [0.29, 0.717) is 11.6 Å². The van der Waals surface area contributed by atoms with E-state index in [0.717, 1.165) is 4.57 Å². The number of aromatic nitrogens is 2. The van der Waals surface area contributed by atoms with E-state index in [9.17, 15) is 14.4 Å². The number of carbonyl (C=O) groups excluding carboxylic acids is 1. The second-order valence-corrected chi connectivity index (χ2v) is 5.20. The summed E-state index contributed by atoms with van der Waals surface area (Å²) in [6.45, 7) is 1.80. The highest BCUT2D eigenvalue weighted by Crippen LogP contribution is 2.21. The van der Waals surface area contributed by atoms with Crippen molar-refractivity contribution >= 4 is 29.0 Å². The summed E-state index contributed by atoms with van der Waals surface area (Å²) < 4.78 is 2.22. The van der Waals surface area contributed by atoms with Crippen molar-refractivity contribution in [2.75, 3.05) is 0 Å². The summed E-state index contributed by atoms with van der Waals surface area (Å²) in [5.74, 6) is -0.449. The van der Waals surface area contributed by atoms with Crippen LogP contribution in [0.4, 0.5) is 0 Å². The minimum atomic E-state index is -0.531. The molecule has 0 N–H and O–H groups in total. The van der Waals surface area contributed by atoms with Crippen molar-refractivity contribution in [1.82, 2.24) is 9.13 Å². The number of carbonyl (C=O) groups is 1. The van der Waals surface area contributed by atoms with E-state index in [2.05, 4.69) is 0 Å². The lowest BCUT2D eigenvalue weighted by molar-refractivity contribution is 0.0968. The molecule has 0 aliphatic heterocycles. The molecule has 0 atom stereocenters. The summed E-state index contributed by atoms with van der Waals surface area (Å²) in [6, 6.07) is 5.71. The van der Waals surface area contributed by atoms with E-state index in [1.807, 2.05) is 0 Å². The van der Waals surface area contributed by atoms with Crippen LogP contribution < -0.4 is 11.2 Å². The summed E-state index contributed by atoms with van der Waals surface area (Å²) in [5, 5.41) is 0.582. The molecule has 2 aromatic rings. The van der Waals surface area contributed by atoms with Crippen LogP contribution in [-0.2, 0) is 13.1 Å². The third-order valence-electron chi connectivity index (χ3n) is 3.01. The molecule has 110 valence electrons. The Balaban J connectivity index is 2.43. The third-order valence-corrected chi connectivity index (χ3v) is 3.58. The van der Waals surface area contributed by atoms with E-state index < -0.39 is 17.0 Å². The Bertz CT molecular complexity index is 809. The van der Waals surface area contributed by atoms with Gasteiger partial charge >= 0.3 is 5.69 Å². The van der Waals surface area contributed by atoms with Gasteiger partial charge in [-0.2, -0.15) is 0 Å². The summed E-state index contributed by atoms with van der Waals surface area (Å²) >= 11 is 11.8. The lowest BCUT2D eigenvalue weighted by Crippen LogP contribution is -2.40. The molecule has 0 saturated carbocycles. The Kier molecular flexibility index (Phi) is 4.65. The van der Waals surface area contributed by atoms with E-state index >= 15 is 0 Å². The summed E-state index contributed by atoms with van der Waals surface area (Å²) in [4.78, 5) is 36.1. The van der Waals surface area contributed by atoms with Crippen molar-refractivity contribution in [2.24, 2.45) is 0 Å². The molecule has 0 aliphatic rings. The second-order valence-electron chi connectivity index (χ2n) is 4.36. The number of hydrogen-bond acceptors (Lipinski definition) is 3. The zero-order valence-corrected chi connectivity index (χ0v) is 12.7. The molecular formula is C14H12Cl2N2O3. The van der Waals surface area contributed by atoms with Gasteiger partial charge in [0.25, 0.3) is 5.56 Å². The number of ketones is 1. The van der Waals surface area contributed by atoms with Gasteiger partial charge in [0.15, 0.2) is 5.78 Å². The van der Waals surface area contributed by atoms with Crippen molar-refractivity contribution < 1.29 is 4.79 Å². The fraction of sp³-hybridized carbons (Fsp3) is 0.214. The van der Waals surface area contributed by atoms with Gasteiger partial charge in [0.2, 0.25) is 0 Å². The molecule has 0 unspecified atom stereocenters. The van der Waals surface area contributed by atoms with Gasteiger partial charge < -0.3 is 4.57 Å². The number of halogens is 2. The fourth-order valence-corrected chi connectivity index (χ4v) is 2.28. The average molecular weight is 327 g/mol. The van der Waals surface area contributed by atoms with Crippen LogP contribution in [0.1, 0.15) is 17.3 Å². The largest absolute Gasteiger partial charge is 0.331 e. The first-order valence-electron chi connectivity index (χ1n) is 6.22. The Hall–Kier alpha value is -1.85. The minimum absolute atomic E-state index is 0.183. The van der Waals surface area contributed by atoms with Crippen molar-refractivity contribution in [3.63, 3.8) is 0 Å². The predicted octanol–water partition coefficient (Wildman–Crippen LogP) is 2.22. The SMILES string of the molecule is CCn1ccc(=O)n(CC(=O)c2cc(Cl)ccc2Cl)c1=O. The van der Waals surface area contributed by atoms with Gasteiger partial charge in [-0.3, -0.25) is 14.2 Å². The maximum atomic E-state index is 12.2. The monoisotopic (exact) mass is 326 g/mol. The highest BCUT2D eigenvalue weighted by Gasteiger charge is 2.14. The van der Waals surface area contributed by atoms with E-state index in [-0.39, 0.29) is 17.1 Å². The molecule has 0 fully saturated rings. The van der Waals surface area contributed by atoms with Crippen molar-refractivity contribution in [2.45, 2.75) is 20.0 Å². The fourth-order valence-electron chi connectivity index (χ4n) is 1.88. The van der Waals surface area contributed by atoms with Crippen molar-refractivity contribution in [3.05, 3.63) is 66.9 Å². The van der Waals surface area contributed by atoms with Crippen molar-refractivity contribution in [3.8, 4) is 0 Å². The molecular weight excluding hydrogens is 315 g/mol. The normalized spacial score (nSPS) is 10.6. The molecule has 0 amide bonds. The maximum Gasteiger partial charge on any atom is 0.331 e. The van der Waals surface area contributed by atoms with Gasteiger partial charge in [-0.1, -0.05) is 23.2 Å². The van der Waals surface area contributed by atoms with E-state index in [4.69, 9.17) is 23.2 Å². The zero-order chi connectivity index (χ0) is 15.6. The lowest BCUT2D eigenvalue weighted by atomic mass is 10.1. The van der Waals surface area contributed by atoms with Gasteiger partial charge in [0.1, 0.15) is 0 Å². The highest BCUT2D eigenvalue weighted by atomic mass is 35.5. The molecule has 0 radical (unpaired) electrons. The van der Waals surface area contributed by atoms with Crippen LogP contribution in [0.2, 0.25) is 10.0 Å². The van der Waals surface area contributed by atoms with Crippen LogP contribution in [0.3, 0.4) is 0 Å². The molecule has 0 saturated heterocycles. The quantitative estimate of drug-likeness (QED) is 0.809. The summed E-state index contributed by atoms with van der Waals surface area (Å²) in [6.07, 6.45) is 1.40. The first-order valence-corrected chi connectivity index (χ1v) is 6.98. The van der Waals surface area contributed by atoms with Crippen LogP contribution in [0, 0.1) is 0 Å². The van der Waals surface area contributed by atoms with Crippen LogP contribution in [0.5, 0.6) is 0 Å². The standard InChI is InChI=1S/C14H12Cl2N2O3/c1-2-17-6-5-13(20)18(14(17)21)8-12(19)10-7-9(15)3-4-11(10)16/h3-7H,2,8H2,1H3. The van der Waals surface area contributed by atoms with Crippen molar-refractivity contribution in [1.29, 1.82) is 0 Å². The average Bonchev–Trinajstić information content (AvgIpc) is 2.46. The first-order chi connectivity index (χ1) is 9.93. The topological polar surface area (TPSA) is 61.1 Å². The number of hydrogen-bond donors (Lipinski definition) is 0. The summed E-state index contributed by atoms with van der Waals surface area (Å²) in [5.41, 5.74) is -0.880. The number of rotatable bonds is 4. The van der Waals surface area contributed by atoms with Gasteiger partial charge in [0.05, 0.1) is 11.6 Å². The van der Waals surface area contributed by atoms with E-state index in [1.165, 1.54) is 29.0 Å². The molecule has 1 aromatic heterocycles. The highest BCUT2D eigenvalue weighted by molar-refractivity contribution is 6.35. The lowest BCUT2D eigenvalue weighted by Gasteiger charge is -2.08. The number of Topliss-reactive ketones (excluding diaryl/α,β-unsaturated/α-hetero) is 1. The minimum Gasteiger partial charge on any atom is -0.301 e. The molecule has 21 heavy (non-hydrogen) atoms. The Morgan fingerprint density at radius 2 is 1.90 bits per heavy atom. The van der Waals surface area contributed by atoms with Gasteiger partial charge in [-0.15, -0.1) is 0 Å². The molecule has 0 spiro atoms. The van der Waals surface area contributed by atoms with Crippen LogP contribution in [-0.4, -0.2) is 14.9 Å². The van der Waals surface area contributed by atoms with Gasteiger partial charge in [-0.05, 0) is 25.1 Å². The molecule has 1 heterocycles. The van der Waals surface area contributed by atoms with Crippen LogP contribution in [0.15, 0.2) is 40.1 Å². The van der Waals surface area contributed by atoms with Gasteiger partial charge in [-0.25, -0.2) is 4.79 Å². The second kappa shape index (κ2) is 6.28. The molecule has 5 nitrogen and oxygen atoms in total. The van der Waals surface area contributed by atoms with E-state index in [1.54, 1.807) is 13.0 Å². The Labute approximate surface area is 130 Å². The number of nitrogens with zero attached hydrogens (tertiary/aromatic N) is 2. The first kappa shape index (κ1) is 15.5. The third kappa shape index (κ3) is 3.25. The maximum absolute atomic E-state index is 12.2.